The minimum Gasteiger partial charge on any atom is -0.478 e. The smallest absolute Gasteiger partial charge is 0.335 e. The van der Waals surface area contributed by atoms with E-state index < -0.39 is 5.97 Å². The monoisotopic (exact) mass is 1810 g/mol. The summed E-state index contributed by atoms with van der Waals surface area (Å²) in [5.41, 5.74) is 16.0. The van der Waals surface area contributed by atoms with Crippen LogP contribution in [0.1, 0.15) is 299 Å². The van der Waals surface area contributed by atoms with Gasteiger partial charge in [-0.1, -0.05) is 221 Å². The highest BCUT2D eigenvalue weighted by atomic mass is 16.4. The fourth-order valence-corrected chi connectivity index (χ4v) is 18.6. The van der Waals surface area contributed by atoms with E-state index in [1.54, 1.807) is 18.3 Å². The van der Waals surface area contributed by atoms with E-state index in [0.29, 0.717) is 86.0 Å². The molecule has 9 aromatic rings. The van der Waals surface area contributed by atoms with Crippen LogP contribution < -0.4 is 0 Å². The lowest BCUT2D eigenvalue weighted by Crippen LogP contribution is -2.47. The van der Waals surface area contributed by atoms with Gasteiger partial charge in [-0.3, -0.25) is 33.9 Å². The van der Waals surface area contributed by atoms with E-state index in [0.717, 1.165) is 223 Å². The minimum atomic E-state index is -0.928. The summed E-state index contributed by atoms with van der Waals surface area (Å²) in [4.78, 5) is 110. The van der Waals surface area contributed by atoms with Gasteiger partial charge in [0.15, 0.2) is 0 Å². The van der Waals surface area contributed by atoms with Crippen molar-refractivity contribution in [3.8, 4) is 45.2 Å². The highest BCUT2D eigenvalue weighted by molar-refractivity contribution is 5.97. The minimum absolute atomic E-state index is 0.000857. The van der Waals surface area contributed by atoms with E-state index in [4.69, 9.17) is 0 Å². The lowest BCUT2D eigenvalue weighted by molar-refractivity contribution is 0.0534. The molecule has 5 aliphatic heterocycles. The predicted octanol–water partition coefficient (Wildman–Crippen LogP) is 22.2. The molecule has 3 aromatic heterocycles. The molecule has 134 heavy (non-hydrogen) atoms. The quantitative estimate of drug-likeness (QED) is 0.0277. The van der Waals surface area contributed by atoms with Crippen LogP contribution in [-0.2, 0) is 32.5 Å². The topological polar surface area (TPSA) is 207 Å². The fourth-order valence-electron chi connectivity index (χ4n) is 18.6. The molecule has 5 amide bonds. The molecule has 5 aliphatic rings. The van der Waals surface area contributed by atoms with E-state index in [1.807, 2.05) is 129 Å². The van der Waals surface area contributed by atoms with Crippen molar-refractivity contribution in [2.45, 2.75) is 260 Å². The summed E-state index contributed by atoms with van der Waals surface area (Å²) >= 11 is 0. The molecular weight excluding hydrogens is 1660 g/mol. The van der Waals surface area contributed by atoms with E-state index in [9.17, 15) is 39.0 Å². The maximum atomic E-state index is 14.0. The number of aliphatic hydroxyl groups excluding tert-OH is 1. The van der Waals surface area contributed by atoms with Crippen molar-refractivity contribution in [3.63, 3.8) is 0 Å². The van der Waals surface area contributed by atoms with Crippen molar-refractivity contribution in [2.24, 2.45) is 17.8 Å². The molecule has 5 fully saturated rings. The number of amides is 5. The van der Waals surface area contributed by atoms with Crippen molar-refractivity contribution in [1.29, 1.82) is 0 Å². The number of aromatic carboxylic acids is 1. The largest absolute Gasteiger partial charge is 0.478 e. The standard InChI is InChI=1S/C40H50N4O3.C40H54N4O2.C35H45N3O3/c1-4-5-6-7-31-10-17-38(41-28-31)40(47)44(36-19-24-42(25-20-36)23-18-30(2)3)29-32-8-11-33(12-9-32)34-13-15-35(16-14-34)39(46)43-26-21-37(45)22-27-43;1-4-5-7-10-32-13-20-38(41-29-32)40(46)44(37-22-27-42(28-23-37)26-21-31(2)3)30-33-11-14-34(15-12-33)35-16-18-36(19-17-35)39(45)43-24-8-6-9-25-43;1-4-5-6-7-27-10-17-33(36-24-27)34(39)38(32-19-22-37(23-20-32)21-18-26(2)3)25-28-8-11-29(12-9-28)30-13-15-31(16-14-30)35(40)41/h8-17,28,30,36-37,45H,4-5,18-27,29H2,1-3H3;11-20,29,31,37H,4-10,21-28,30H2,1-3H3;8-17,24,26,32H,4-7,18-23,25H2,1-3H3,(H,40,41). The second kappa shape index (κ2) is 52.8. The molecule has 0 unspecified atom stereocenters. The molecule has 2 N–H and O–H groups in total. The van der Waals surface area contributed by atoms with Gasteiger partial charge in [0, 0.05) is 145 Å². The van der Waals surface area contributed by atoms with E-state index in [1.165, 1.54) is 62.5 Å². The zero-order valence-corrected chi connectivity index (χ0v) is 81.6. The summed E-state index contributed by atoms with van der Waals surface area (Å²) in [6, 6.07) is 60.1. The van der Waals surface area contributed by atoms with Crippen molar-refractivity contribution >= 4 is 35.5 Å². The zero-order chi connectivity index (χ0) is 94.7. The lowest BCUT2D eigenvalue weighted by atomic mass is 9.99. The molecule has 19 heteroatoms. The van der Waals surface area contributed by atoms with Crippen LogP contribution in [0.3, 0.4) is 0 Å². The van der Waals surface area contributed by atoms with Gasteiger partial charge in [0.2, 0.25) is 0 Å². The molecule has 0 atom stereocenters. The maximum absolute atomic E-state index is 14.0. The van der Waals surface area contributed by atoms with E-state index >= 15 is 0 Å². The predicted molar refractivity (Wildman–Crippen MR) is 541 cm³/mol. The van der Waals surface area contributed by atoms with E-state index in [2.05, 4.69) is 182 Å². The molecule has 19 nitrogen and oxygen atoms in total. The van der Waals surface area contributed by atoms with Gasteiger partial charge in [-0.15, -0.1) is 0 Å². The van der Waals surface area contributed by atoms with Crippen LogP contribution in [0.4, 0.5) is 0 Å². The van der Waals surface area contributed by atoms with Crippen molar-refractivity contribution in [3.05, 3.63) is 268 Å². The molecular formula is C115H149N11O8. The molecule has 0 aliphatic carbocycles. The summed E-state index contributed by atoms with van der Waals surface area (Å²) in [5, 5.41) is 19.0. The first kappa shape index (κ1) is 102. The Kier molecular flexibility index (Phi) is 40.1. The van der Waals surface area contributed by atoms with Crippen LogP contribution in [0.15, 0.2) is 201 Å². The number of aliphatic hydroxyl groups is 1. The Morgan fingerprint density at radius 2 is 0.672 bits per heavy atom. The Hall–Kier alpha value is -11.0. The van der Waals surface area contributed by atoms with Crippen molar-refractivity contribution in [1.82, 2.24) is 54.2 Å². The van der Waals surface area contributed by atoms with Crippen LogP contribution in [0.2, 0.25) is 0 Å². The highest BCUT2D eigenvalue weighted by Crippen LogP contribution is 2.32. The second-order valence-corrected chi connectivity index (χ2v) is 39.1. The first-order chi connectivity index (χ1) is 65.0. The summed E-state index contributed by atoms with van der Waals surface area (Å²) in [6.45, 7) is 34.1. The first-order valence-corrected chi connectivity index (χ1v) is 50.6. The van der Waals surface area contributed by atoms with Gasteiger partial charge in [0.1, 0.15) is 17.1 Å². The first-order valence-electron chi connectivity index (χ1n) is 50.6. The number of carboxylic acid groups (broad SMARTS) is 1. The number of unbranched alkanes of at least 4 members (excludes halogenated alkanes) is 5. The van der Waals surface area contributed by atoms with Crippen LogP contribution in [0.25, 0.3) is 33.4 Å². The number of pyridine rings is 3. The van der Waals surface area contributed by atoms with Crippen LogP contribution in [-0.4, -0.2) is 209 Å². The third-order valence-electron chi connectivity index (χ3n) is 27.4. The van der Waals surface area contributed by atoms with Crippen molar-refractivity contribution in [2.75, 3.05) is 85.1 Å². The van der Waals surface area contributed by atoms with Gasteiger partial charge in [-0.25, -0.2) is 9.78 Å². The number of aryl methyl sites for hydroxylation is 2. The number of carboxylic acids is 1. The average molecular weight is 1810 g/mol. The second-order valence-electron chi connectivity index (χ2n) is 39.1. The maximum Gasteiger partial charge on any atom is 0.335 e. The van der Waals surface area contributed by atoms with Gasteiger partial charge < -0.3 is 49.4 Å². The van der Waals surface area contributed by atoms with Crippen LogP contribution >= 0.6 is 0 Å². The molecule has 0 bridgehead atoms. The number of likely N-dealkylation sites (tertiary alicyclic amines) is 5. The highest BCUT2D eigenvalue weighted by Gasteiger charge is 2.34. The normalized spacial score (nSPS) is 15.6. The fraction of sp³-hybridized carbons (Fsp3) is 0.487. The molecule has 0 radical (unpaired) electrons. The van der Waals surface area contributed by atoms with Gasteiger partial charge in [0.25, 0.3) is 29.5 Å². The number of carbonyl (C=O) groups is 6. The summed E-state index contributed by atoms with van der Waals surface area (Å²) in [5.74, 6) is 7.59. The Bertz CT molecular complexity index is 5150. The summed E-state index contributed by atoms with van der Waals surface area (Å²) in [6.07, 6.45) is 30.2. The molecule has 6 aromatic carbocycles. The number of hydrogen-bond donors (Lipinski definition) is 2. The molecule has 0 saturated carbocycles. The zero-order valence-electron chi connectivity index (χ0n) is 81.6. The van der Waals surface area contributed by atoms with E-state index in [-0.39, 0.29) is 59.3 Å². The number of rotatable bonds is 36. The number of nitrogens with zero attached hydrogens (tertiary/aromatic N) is 11. The Balaban J connectivity index is 0.000000182. The van der Waals surface area contributed by atoms with Gasteiger partial charge >= 0.3 is 5.97 Å². The van der Waals surface area contributed by atoms with Crippen molar-refractivity contribution < 1.29 is 39.0 Å². The molecule has 8 heterocycles. The third-order valence-corrected chi connectivity index (χ3v) is 27.4. The number of carbonyl (C=O) groups excluding carboxylic acids is 5. The number of benzene rings is 6. The number of hydrogen-bond acceptors (Lipinski definition) is 13. The van der Waals surface area contributed by atoms with Crippen LogP contribution in [0, 0.1) is 29.6 Å². The average Bonchev–Trinajstić information content (AvgIpc) is 0.807. The Morgan fingerprint density at radius 3 is 0.970 bits per heavy atom. The Labute approximate surface area is 800 Å². The number of piperidine rings is 5. The third kappa shape index (κ3) is 31.0. The number of aromatic nitrogens is 3. The van der Waals surface area contributed by atoms with Crippen LogP contribution in [0.5, 0.6) is 0 Å². The SMILES string of the molecule is CCCC#Cc1ccc(C(=O)N(Cc2ccc(-c3ccc(C(=O)N4CCC(O)CC4)cc3)cc2)C2CCN(CCC(C)C)CC2)nc1.CCCCCc1ccc(C(=O)N(Cc2ccc(-c3ccc(C(=O)N4CCCCC4)cc3)cc2)C2CCN(CCC(C)C)CC2)nc1.CCCCCc1ccc(C(=O)N(Cc2ccc(-c3ccc(C(=O)O)cc3)cc2)C2CCN(CCC(C)C)CC2)nc1. The molecule has 14 rings (SSSR count). The van der Waals surface area contributed by atoms with Gasteiger partial charge in [-0.2, -0.15) is 0 Å². The Morgan fingerprint density at radius 1 is 0.358 bits per heavy atom. The van der Waals surface area contributed by atoms with Gasteiger partial charge in [0.05, 0.1) is 11.7 Å². The molecule has 5 saturated heterocycles. The lowest BCUT2D eigenvalue weighted by Gasteiger charge is -2.38. The molecule has 712 valence electrons. The molecule has 0 spiro atoms. The summed E-state index contributed by atoms with van der Waals surface area (Å²) in [7, 11) is 0. The van der Waals surface area contributed by atoms with Gasteiger partial charge in [-0.05, 0) is 281 Å². The summed E-state index contributed by atoms with van der Waals surface area (Å²) < 4.78 is 0.